The summed E-state index contributed by atoms with van der Waals surface area (Å²) in [5, 5.41) is 0. The Labute approximate surface area is 628 Å². The van der Waals surface area contributed by atoms with E-state index in [4.69, 9.17) is 18.9 Å². The maximum absolute atomic E-state index is 6.11. The average Bonchev–Trinajstić information content (AvgIpc) is 1.63. The Morgan fingerprint density at radius 2 is 0.460 bits per heavy atom. The van der Waals surface area contributed by atoms with Gasteiger partial charge in [0, 0.05) is 107 Å². The van der Waals surface area contributed by atoms with E-state index in [9.17, 15) is 0 Å². The highest BCUT2D eigenvalue weighted by Gasteiger charge is 2.24. The van der Waals surface area contributed by atoms with Crippen molar-refractivity contribution in [2.24, 2.45) is 0 Å². The van der Waals surface area contributed by atoms with E-state index >= 15 is 0 Å². The van der Waals surface area contributed by atoms with Crippen molar-refractivity contribution in [3.8, 4) is 113 Å². The van der Waals surface area contributed by atoms with Gasteiger partial charge in [0.2, 0.25) is 0 Å². The lowest BCUT2D eigenvalue weighted by Gasteiger charge is -2.06. The van der Waals surface area contributed by atoms with Crippen LogP contribution in [0.1, 0.15) is 152 Å². The summed E-state index contributed by atoms with van der Waals surface area (Å²) in [4.78, 5) is 20.9. The van der Waals surface area contributed by atoms with Gasteiger partial charge < -0.3 is 18.9 Å². The highest BCUT2D eigenvalue weighted by Crippen LogP contribution is 2.55. The van der Waals surface area contributed by atoms with Gasteiger partial charge in [-0.3, -0.25) is 0 Å². The molecule has 0 fully saturated rings. The van der Waals surface area contributed by atoms with Crippen LogP contribution in [0.5, 0.6) is 0 Å². The summed E-state index contributed by atoms with van der Waals surface area (Å²) in [6, 6.07) is 72.3. The monoisotopic (exact) mass is 1470 g/mol. The molecule has 12 rings (SSSR count). The number of hydrogen-bond donors (Lipinski definition) is 0. The molecule has 522 valence electrons. The molecule has 0 N–H and O–H groups in total. The third-order valence-electron chi connectivity index (χ3n) is 18.4. The lowest BCUT2D eigenvalue weighted by atomic mass is 10.0. The van der Waals surface area contributed by atoms with Gasteiger partial charge >= 0.3 is 0 Å². The van der Waals surface area contributed by atoms with Crippen LogP contribution in [0, 0.1) is 0 Å². The first-order valence-corrected chi connectivity index (χ1v) is 43.6. The highest BCUT2D eigenvalue weighted by atomic mass is 32.1. The average molecular weight is 1480 g/mol. The van der Waals surface area contributed by atoms with Gasteiger partial charge in [-0.25, -0.2) is 0 Å². The smallest absolute Gasteiger partial charge is 0.0700 e. The lowest BCUT2D eigenvalue weighted by Crippen LogP contribution is -2.07. The van der Waals surface area contributed by atoms with Crippen molar-refractivity contribution in [3.63, 3.8) is 0 Å². The van der Waals surface area contributed by atoms with Crippen molar-refractivity contribution in [3.05, 3.63) is 204 Å². The van der Waals surface area contributed by atoms with Gasteiger partial charge in [-0.1, -0.05) is 251 Å². The van der Waals surface area contributed by atoms with E-state index in [0.717, 1.165) is 38.9 Å². The predicted octanol–water partition coefficient (Wildman–Crippen LogP) is 29.5. The third-order valence-corrected chi connectivity index (χ3v) is 28.7. The fourth-order valence-corrected chi connectivity index (χ4v) is 22.4. The van der Waals surface area contributed by atoms with Crippen LogP contribution in [0.2, 0.25) is 0 Å². The summed E-state index contributed by atoms with van der Waals surface area (Å²) in [5.41, 5.74) is 10.1. The summed E-state index contributed by atoms with van der Waals surface area (Å²) in [6.07, 6.45) is 28.6. The van der Waals surface area contributed by atoms with Gasteiger partial charge in [0.15, 0.2) is 0 Å². The van der Waals surface area contributed by atoms with Crippen molar-refractivity contribution < 1.29 is 18.9 Å². The number of unbranched alkanes of at least 4 members (excludes halogenated alkanes) is 18. The molecule has 8 heterocycles. The molecule has 0 spiro atoms. The van der Waals surface area contributed by atoms with Gasteiger partial charge in [0.05, 0.1) is 59.1 Å². The molecule has 0 aliphatic heterocycles. The van der Waals surface area contributed by atoms with Crippen LogP contribution in [0.3, 0.4) is 0 Å². The van der Waals surface area contributed by atoms with Gasteiger partial charge in [-0.2, -0.15) is 0 Å². The number of hydrogen-bond acceptors (Lipinski definition) is 12. The van der Waals surface area contributed by atoms with E-state index < -0.39 is 0 Å². The fourth-order valence-electron chi connectivity index (χ4n) is 12.9. The molecular weight excluding hydrogens is 1380 g/mol. The Morgan fingerprint density at radius 1 is 0.210 bits per heavy atom. The zero-order valence-electron chi connectivity index (χ0n) is 58.6. The maximum atomic E-state index is 6.11. The van der Waals surface area contributed by atoms with E-state index in [1.165, 1.54) is 238 Å². The van der Waals surface area contributed by atoms with Crippen LogP contribution < -0.4 is 0 Å². The van der Waals surface area contributed by atoms with Gasteiger partial charge in [0.25, 0.3) is 0 Å². The Kier molecular flexibility index (Phi) is 29.9. The highest BCUT2D eigenvalue weighted by molar-refractivity contribution is 7.32. The van der Waals surface area contributed by atoms with E-state index in [1.54, 1.807) is 0 Å². The van der Waals surface area contributed by atoms with E-state index in [1.807, 2.05) is 90.7 Å². The van der Waals surface area contributed by atoms with Crippen molar-refractivity contribution in [2.75, 3.05) is 52.9 Å². The van der Waals surface area contributed by atoms with E-state index in [2.05, 4.69) is 208 Å². The summed E-state index contributed by atoms with van der Waals surface area (Å²) in [7, 11) is 0. The second kappa shape index (κ2) is 40.4. The molecular formula is C88H98O4S8. The molecule has 0 aliphatic carbocycles. The number of ether oxygens (including phenoxy) is 4. The van der Waals surface area contributed by atoms with E-state index in [-0.39, 0.29) is 0 Å². The topological polar surface area (TPSA) is 36.9 Å². The minimum Gasteiger partial charge on any atom is -0.379 e. The minimum absolute atomic E-state index is 0.645. The molecule has 12 aromatic rings. The van der Waals surface area contributed by atoms with Crippen LogP contribution >= 0.6 is 90.7 Å². The molecule has 0 saturated heterocycles. The number of thiophene rings is 8. The largest absolute Gasteiger partial charge is 0.379 e. The maximum Gasteiger partial charge on any atom is 0.0700 e. The van der Waals surface area contributed by atoms with Crippen molar-refractivity contribution >= 4 is 90.7 Å². The molecule has 0 radical (unpaired) electrons. The zero-order chi connectivity index (χ0) is 68.2. The van der Waals surface area contributed by atoms with Crippen LogP contribution in [0.4, 0.5) is 0 Å². The summed E-state index contributed by atoms with van der Waals surface area (Å²) in [6.45, 7) is 10.3. The Bertz CT molecular complexity index is 3990. The molecule has 0 saturated carbocycles. The van der Waals surface area contributed by atoms with Gasteiger partial charge in [-0.05, 0) is 108 Å². The standard InChI is InChI=1S/C88H98O4S8/c1-3-5-7-9-11-13-15-17-19-33-53-89-57-59-91-55-51-69-43-45-77(93-69)85-71(65-35-25-21-26-36-65)61-81(97-85)83-63-73(67-39-29-23-30-40-67)87(99-83)79-49-47-75(95-79)76-48-50-80(96-76)88-74(68-41-31-24-32-42-68)64-84(100-88)82-62-72(66-37-27-22-28-38-66)86(98-82)78-46-44-70(94-78)52-56-92-60-58-90-54-34-20-18-16-14-12-10-8-6-4-2/h21-32,35-50,61-64H,3-20,33-34,51-60H2,1-2H3. The second-order valence-corrected chi connectivity index (χ2v) is 34.8. The molecule has 12 heteroatoms. The molecule has 0 bridgehead atoms. The normalized spacial score (nSPS) is 11.7. The summed E-state index contributed by atoms with van der Waals surface area (Å²) >= 11 is 15.3. The van der Waals surface area contributed by atoms with Gasteiger partial charge in [0.1, 0.15) is 0 Å². The Balaban J connectivity index is 0.713. The van der Waals surface area contributed by atoms with Crippen LogP contribution in [0.15, 0.2) is 194 Å². The molecule has 0 aliphatic rings. The molecule has 0 unspecified atom stereocenters. The van der Waals surface area contributed by atoms with Crippen molar-refractivity contribution in [1.82, 2.24) is 0 Å². The first kappa shape index (κ1) is 74.1. The quantitative estimate of drug-likeness (QED) is 0.0357. The summed E-state index contributed by atoms with van der Waals surface area (Å²) in [5.74, 6) is 0. The van der Waals surface area contributed by atoms with Crippen LogP contribution in [-0.2, 0) is 31.8 Å². The summed E-state index contributed by atoms with van der Waals surface area (Å²) < 4.78 is 24.1. The molecule has 8 aromatic heterocycles. The SMILES string of the molecule is CCCCCCCCCCCCOCCOCCc1ccc(-c2sc(-c3cc(-c4ccccc4)c(-c4ccc(-c5ccc(-c6sc(-c7cc(-c8ccccc8)c(-c8ccc(CCOCCOCCCCCCCCCCCC)s8)s7)cc6-c6ccccc6)s5)s4)s3)cc2-c2ccccc2)s1. The van der Waals surface area contributed by atoms with Crippen LogP contribution in [0.25, 0.3) is 113 Å². The fraction of sp³-hybridized carbons (Fsp3) is 0.364. The molecule has 4 nitrogen and oxygen atoms in total. The zero-order valence-corrected chi connectivity index (χ0v) is 65.1. The molecule has 4 aromatic carbocycles. The number of rotatable bonds is 45. The predicted molar refractivity (Wildman–Crippen MR) is 444 cm³/mol. The lowest BCUT2D eigenvalue weighted by molar-refractivity contribution is 0.0476. The van der Waals surface area contributed by atoms with Gasteiger partial charge in [-0.15, -0.1) is 90.7 Å². The Morgan fingerprint density at radius 3 is 0.760 bits per heavy atom. The third kappa shape index (κ3) is 21.3. The Hall–Kier alpha value is -5.68. The first-order valence-electron chi connectivity index (χ1n) is 37.0. The second-order valence-electron chi connectivity index (χ2n) is 26.1. The molecule has 0 amide bonds. The number of benzene rings is 4. The van der Waals surface area contributed by atoms with Crippen molar-refractivity contribution in [2.45, 2.75) is 155 Å². The van der Waals surface area contributed by atoms with E-state index in [0.29, 0.717) is 39.6 Å². The van der Waals surface area contributed by atoms with Crippen molar-refractivity contribution in [1.29, 1.82) is 0 Å². The molecule has 100 heavy (non-hydrogen) atoms. The minimum atomic E-state index is 0.645. The molecule has 0 atom stereocenters. The van der Waals surface area contributed by atoms with Crippen LogP contribution in [-0.4, -0.2) is 52.9 Å². The first-order chi connectivity index (χ1) is 49.6.